The van der Waals surface area contributed by atoms with Crippen LogP contribution in [-0.2, 0) is 11.4 Å². The van der Waals surface area contributed by atoms with Gasteiger partial charge in [-0.2, -0.15) is 0 Å². The van der Waals surface area contributed by atoms with Gasteiger partial charge in [0.05, 0.1) is 7.11 Å². The third-order valence-electron chi connectivity index (χ3n) is 4.22. The topological polar surface area (TPSA) is 38.8 Å². The van der Waals surface area contributed by atoms with E-state index in [1.54, 1.807) is 30.4 Å². The van der Waals surface area contributed by atoms with Gasteiger partial charge in [-0.05, 0) is 54.3 Å². The summed E-state index contributed by atoms with van der Waals surface area (Å²) in [6, 6.07) is 8.49. The number of hydrogen-bond acceptors (Lipinski definition) is 3. The van der Waals surface area contributed by atoms with Crippen molar-refractivity contribution >= 4 is 12.0 Å². The van der Waals surface area contributed by atoms with Gasteiger partial charge >= 0.3 is 0 Å². The molecule has 4 nitrogen and oxygen atoms in total. The second-order valence-corrected chi connectivity index (χ2v) is 6.64. The maximum Gasteiger partial charge on any atom is 0.246 e. The molecule has 0 unspecified atom stereocenters. The molecule has 0 bridgehead atoms. The van der Waals surface area contributed by atoms with Crippen LogP contribution in [0.3, 0.4) is 0 Å². The smallest absolute Gasteiger partial charge is 0.246 e. The number of ether oxygens (including phenoxy) is 2. The molecule has 0 saturated carbocycles. The molecular formula is C23H27F2NO3. The fraction of sp³-hybridized carbons (Fsp3) is 0.348. The minimum atomic E-state index is -0.652. The predicted octanol–water partition coefficient (Wildman–Crippen LogP) is 5.21. The molecule has 0 heterocycles. The van der Waals surface area contributed by atoms with E-state index in [4.69, 9.17) is 9.47 Å². The molecule has 0 aliphatic carbocycles. The molecule has 0 radical (unpaired) electrons. The normalized spacial score (nSPS) is 10.9. The Morgan fingerprint density at radius 3 is 2.24 bits per heavy atom. The minimum Gasteiger partial charge on any atom is -0.493 e. The molecule has 0 aliphatic rings. The van der Waals surface area contributed by atoms with Crippen LogP contribution in [0.25, 0.3) is 6.08 Å². The maximum absolute atomic E-state index is 13.3. The SMILES string of the molecule is CCCN(CCC)C(=O)/C=C/c1ccc(OCc2cc(F)cc(F)c2)c(OC)c1. The standard InChI is InChI=1S/C23H27F2NO3/c1-4-10-26(11-5-2)23(27)9-7-17-6-8-21(22(14-17)28-3)29-16-18-12-19(24)15-20(25)13-18/h6-9,12-15H,4-5,10-11,16H2,1-3H3/b9-7+. The van der Waals surface area contributed by atoms with Crippen molar-refractivity contribution in [3.8, 4) is 11.5 Å². The van der Waals surface area contributed by atoms with Crippen molar-refractivity contribution < 1.29 is 23.0 Å². The van der Waals surface area contributed by atoms with Gasteiger partial charge in [0, 0.05) is 25.2 Å². The van der Waals surface area contributed by atoms with Crippen LogP contribution in [0.2, 0.25) is 0 Å². The number of benzene rings is 2. The van der Waals surface area contributed by atoms with Gasteiger partial charge in [-0.15, -0.1) is 0 Å². The number of methoxy groups -OCH3 is 1. The molecule has 0 spiro atoms. The third-order valence-corrected chi connectivity index (χ3v) is 4.22. The molecule has 0 aliphatic heterocycles. The summed E-state index contributed by atoms with van der Waals surface area (Å²) in [7, 11) is 1.51. The molecule has 2 rings (SSSR count). The molecule has 29 heavy (non-hydrogen) atoms. The van der Waals surface area contributed by atoms with Crippen molar-refractivity contribution in [2.24, 2.45) is 0 Å². The number of amides is 1. The molecule has 0 fully saturated rings. The van der Waals surface area contributed by atoms with Gasteiger partial charge in [-0.1, -0.05) is 19.9 Å². The first kappa shape index (κ1) is 22.4. The van der Waals surface area contributed by atoms with Gasteiger partial charge in [-0.3, -0.25) is 4.79 Å². The quantitative estimate of drug-likeness (QED) is 0.511. The van der Waals surface area contributed by atoms with Crippen LogP contribution in [-0.4, -0.2) is 31.0 Å². The molecule has 1 amide bonds. The highest BCUT2D eigenvalue weighted by atomic mass is 19.1. The Labute approximate surface area is 170 Å². The summed E-state index contributed by atoms with van der Waals surface area (Å²) in [5.41, 5.74) is 1.17. The number of carbonyl (C=O) groups excluding carboxylic acids is 1. The molecular weight excluding hydrogens is 376 g/mol. The maximum atomic E-state index is 13.3. The van der Waals surface area contributed by atoms with Crippen molar-refractivity contribution in [1.82, 2.24) is 4.90 Å². The minimum absolute atomic E-state index is 0.00169. The average molecular weight is 403 g/mol. The average Bonchev–Trinajstić information content (AvgIpc) is 2.69. The fourth-order valence-electron chi connectivity index (χ4n) is 2.91. The van der Waals surface area contributed by atoms with Crippen LogP contribution < -0.4 is 9.47 Å². The zero-order valence-corrected chi connectivity index (χ0v) is 17.1. The van der Waals surface area contributed by atoms with E-state index in [1.165, 1.54) is 19.2 Å². The van der Waals surface area contributed by atoms with E-state index in [0.717, 1.165) is 37.6 Å². The van der Waals surface area contributed by atoms with Gasteiger partial charge < -0.3 is 14.4 Å². The first-order valence-corrected chi connectivity index (χ1v) is 9.69. The van der Waals surface area contributed by atoms with Crippen LogP contribution in [0.5, 0.6) is 11.5 Å². The molecule has 2 aromatic rings. The van der Waals surface area contributed by atoms with E-state index in [-0.39, 0.29) is 12.5 Å². The van der Waals surface area contributed by atoms with Gasteiger partial charge in [0.1, 0.15) is 18.2 Å². The Balaban J connectivity index is 2.08. The highest BCUT2D eigenvalue weighted by Gasteiger charge is 2.09. The van der Waals surface area contributed by atoms with Crippen LogP contribution >= 0.6 is 0 Å². The Kier molecular flexibility index (Phi) is 8.65. The number of nitrogens with zero attached hydrogens (tertiary/aromatic N) is 1. The van der Waals surface area contributed by atoms with Crippen LogP contribution in [0.15, 0.2) is 42.5 Å². The van der Waals surface area contributed by atoms with Crippen LogP contribution in [0.4, 0.5) is 8.78 Å². The molecule has 2 aromatic carbocycles. The van der Waals surface area contributed by atoms with E-state index in [9.17, 15) is 13.6 Å². The van der Waals surface area contributed by atoms with Crippen molar-refractivity contribution in [1.29, 1.82) is 0 Å². The lowest BCUT2D eigenvalue weighted by Gasteiger charge is -2.19. The number of halogens is 2. The van der Waals surface area contributed by atoms with E-state index >= 15 is 0 Å². The summed E-state index contributed by atoms with van der Waals surface area (Å²) in [5, 5.41) is 0. The summed E-state index contributed by atoms with van der Waals surface area (Å²) in [6.07, 6.45) is 5.11. The summed E-state index contributed by atoms with van der Waals surface area (Å²) in [5.74, 6) is -0.419. The van der Waals surface area contributed by atoms with E-state index in [0.29, 0.717) is 17.1 Å². The summed E-state index contributed by atoms with van der Waals surface area (Å²) < 4.78 is 37.6. The van der Waals surface area contributed by atoms with Crippen LogP contribution in [0, 0.1) is 11.6 Å². The zero-order chi connectivity index (χ0) is 21.2. The van der Waals surface area contributed by atoms with Crippen molar-refractivity contribution in [2.45, 2.75) is 33.3 Å². The van der Waals surface area contributed by atoms with Gasteiger partial charge in [0.15, 0.2) is 11.5 Å². The predicted molar refractivity (Wildman–Crippen MR) is 110 cm³/mol. The Morgan fingerprint density at radius 2 is 1.66 bits per heavy atom. The largest absolute Gasteiger partial charge is 0.493 e. The highest BCUT2D eigenvalue weighted by Crippen LogP contribution is 2.29. The van der Waals surface area contributed by atoms with Crippen molar-refractivity contribution in [3.05, 3.63) is 65.2 Å². The van der Waals surface area contributed by atoms with E-state index < -0.39 is 11.6 Å². The number of carbonyl (C=O) groups is 1. The van der Waals surface area contributed by atoms with Crippen LogP contribution in [0.1, 0.15) is 37.8 Å². The number of rotatable bonds is 10. The van der Waals surface area contributed by atoms with Gasteiger partial charge in [0.25, 0.3) is 0 Å². The lowest BCUT2D eigenvalue weighted by molar-refractivity contribution is -0.126. The molecule has 0 atom stereocenters. The lowest BCUT2D eigenvalue weighted by Crippen LogP contribution is -2.30. The molecule has 0 saturated heterocycles. The third kappa shape index (κ3) is 6.89. The first-order chi connectivity index (χ1) is 14.0. The van der Waals surface area contributed by atoms with E-state index in [2.05, 4.69) is 0 Å². The lowest BCUT2D eigenvalue weighted by atomic mass is 10.1. The summed E-state index contributed by atoms with van der Waals surface area (Å²) >= 11 is 0. The van der Waals surface area contributed by atoms with E-state index in [1.807, 2.05) is 18.7 Å². The summed E-state index contributed by atoms with van der Waals surface area (Å²) in [4.78, 5) is 14.2. The Bertz CT molecular complexity index is 826. The Morgan fingerprint density at radius 1 is 1.00 bits per heavy atom. The first-order valence-electron chi connectivity index (χ1n) is 9.69. The number of hydrogen-bond donors (Lipinski definition) is 0. The van der Waals surface area contributed by atoms with Gasteiger partial charge in [-0.25, -0.2) is 8.78 Å². The molecule has 156 valence electrons. The molecule has 0 N–H and O–H groups in total. The van der Waals surface area contributed by atoms with Crippen molar-refractivity contribution in [2.75, 3.05) is 20.2 Å². The molecule has 0 aromatic heterocycles. The van der Waals surface area contributed by atoms with Gasteiger partial charge in [0.2, 0.25) is 5.91 Å². The molecule has 6 heteroatoms. The Hall–Kier alpha value is -2.89. The zero-order valence-electron chi connectivity index (χ0n) is 17.1. The highest BCUT2D eigenvalue weighted by molar-refractivity contribution is 5.91. The second-order valence-electron chi connectivity index (χ2n) is 6.64. The fourth-order valence-corrected chi connectivity index (χ4v) is 2.91. The van der Waals surface area contributed by atoms with Crippen molar-refractivity contribution in [3.63, 3.8) is 0 Å². The monoisotopic (exact) mass is 403 g/mol. The second kappa shape index (κ2) is 11.2. The summed E-state index contributed by atoms with van der Waals surface area (Å²) in [6.45, 7) is 5.55.